The number of aliphatic hydroxyl groups excluding tert-OH is 1. The summed E-state index contributed by atoms with van der Waals surface area (Å²) in [6, 6.07) is 8.34. The van der Waals surface area contributed by atoms with Crippen LogP contribution in [0.25, 0.3) is 0 Å². The molecule has 1 atom stereocenters. The third-order valence-electron chi connectivity index (χ3n) is 3.54. The van der Waals surface area contributed by atoms with Gasteiger partial charge in [0.05, 0.1) is 0 Å². The van der Waals surface area contributed by atoms with Crippen LogP contribution in [0.3, 0.4) is 0 Å². The number of rotatable bonds is 10. The molecule has 0 fully saturated rings. The maximum absolute atomic E-state index is 8.93. The van der Waals surface area contributed by atoms with Crippen molar-refractivity contribution >= 4 is 11.6 Å². The molecule has 0 heterocycles. The first-order valence-corrected chi connectivity index (χ1v) is 7.91. The van der Waals surface area contributed by atoms with E-state index in [1.54, 1.807) is 0 Å². The summed E-state index contributed by atoms with van der Waals surface area (Å²) in [5, 5.41) is 13.3. The Hall–Kier alpha value is -0.610. The highest BCUT2D eigenvalue weighted by molar-refractivity contribution is 6.31. The highest BCUT2D eigenvalue weighted by Crippen LogP contribution is 2.25. The molecule has 114 valence electrons. The third-order valence-corrected chi connectivity index (χ3v) is 3.89. The van der Waals surface area contributed by atoms with Crippen LogP contribution in [0.5, 0.6) is 0 Å². The fraction of sp³-hybridized carbons (Fsp3) is 0.625. The molecule has 0 saturated heterocycles. The number of benzene rings is 1. The lowest BCUT2D eigenvalue weighted by molar-refractivity contribution is 0.223. The number of hydrogen-bond acceptors (Lipinski definition) is 3. The fourth-order valence-electron chi connectivity index (χ4n) is 2.41. The second kappa shape index (κ2) is 10.2. The van der Waals surface area contributed by atoms with Crippen molar-refractivity contribution in [3.05, 3.63) is 34.9 Å². The van der Waals surface area contributed by atoms with Gasteiger partial charge >= 0.3 is 0 Å². The first-order valence-electron chi connectivity index (χ1n) is 7.53. The van der Waals surface area contributed by atoms with Gasteiger partial charge in [-0.05, 0) is 44.1 Å². The second-order valence-electron chi connectivity index (χ2n) is 4.93. The maximum Gasteiger partial charge on any atom is 0.0453 e. The van der Waals surface area contributed by atoms with E-state index in [4.69, 9.17) is 16.7 Å². The third kappa shape index (κ3) is 5.80. The van der Waals surface area contributed by atoms with E-state index >= 15 is 0 Å². The average Bonchev–Trinajstić information content (AvgIpc) is 2.47. The van der Waals surface area contributed by atoms with Gasteiger partial charge in [0.15, 0.2) is 0 Å². The monoisotopic (exact) mass is 298 g/mol. The van der Waals surface area contributed by atoms with Crippen LogP contribution < -0.4 is 5.32 Å². The first kappa shape index (κ1) is 17.4. The largest absolute Gasteiger partial charge is 0.396 e. The van der Waals surface area contributed by atoms with Crippen LogP contribution in [-0.2, 0) is 0 Å². The normalized spacial score (nSPS) is 12.8. The molecule has 0 amide bonds. The van der Waals surface area contributed by atoms with Crippen LogP contribution in [0, 0.1) is 0 Å². The molecule has 1 aromatic carbocycles. The highest BCUT2D eigenvalue weighted by atomic mass is 35.5. The summed E-state index contributed by atoms with van der Waals surface area (Å²) in [7, 11) is 0. The quantitative estimate of drug-likeness (QED) is 0.697. The summed E-state index contributed by atoms with van der Waals surface area (Å²) >= 11 is 6.30. The standard InChI is InChI=1S/C16H27ClN2O/c1-3-18-16(14-8-5-6-9-15(14)17)10-12-19(4-2)11-7-13-20/h5-6,8-9,16,18,20H,3-4,7,10-13H2,1-2H3. The summed E-state index contributed by atoms with van der Waals surface area (Å²) < 4.78 is 0. The lowest BCUT2D eigenvalue weighted by Gasteiger charge is -2.25. The molecular formula is C16H27ClN2O. The van der Waals surface area contributed by atoms with Crippen LogP contribution in [0.1, 0.15) is 38.3 Å². The Labute approximate surface area is 127 Å². The molecule has 4 heteroatoms. The summed E-state index contributed by atoms with van der Waals surface area (Å²) in [5.41, 5.74) is 1.18. The SMILES string of the molecule is CCNC(CCN(CC)CCCO)c1ccccc1Cl. The molecule has 0 radical (unpaired) electrons. The van der Waals surface area contributed by atoms with Crippen molar-refractivity contribution in [1.29, 1.82) is 0 Å². The van der Waals surface area contributed by atoms with Crippen molar-refractivity contribution < 1.29 is 5.11 Å². The average molecular weight is 299 g/mol. The van der Waals surface area contributed by atoms with Crippen LogP contribution in [0.15, 0.2) is 24.3 Å². The zero-order valence-corrected chi connectivity index (χ0v) is 13.4. The van der Waals surface area contributed by atoms with Gasteiger partial charge in [-0.15, -0.1) is 0 Å². The minimum atomic E-state index is 0.262. The number of halogens is 1. The van der Waals surface area contributed by atoms with Crippen LogP contribution in [0.2, 0.25) is 5.02 Å². The van der Waals surface area contributed by atoms with Crippen molar-refractivity contribution in [3.8, 4) is 0 Å². The van der Waals surface area contributed by atoms with Crippen LogP contribution >= 0.6 is 11.6 Å². The summed E-state index contributed by atoms with van der Waals surface area (Å²) in [6.07, 6.45) is 1.86. The van der Waals surface area contributed by atoms with E-state index in [2.05, 4.69) is 30.1 Å². The number of aliphatic hydroxyl groups is 1. The number of nitrogens with zero attached hydrogens (tertiary/aromatic N) is 1. The topological polar surface area (TPSA) is 35.5 Å². The van der Waals surface area contributed by atoms with Gasteiger partial charge < -0.3 is 15.3 Å². The fourth-order valence-corrected chi connectivity index (χ4v) is 2.67. The van der Waals surface area contributed by atoms with Gasteiger partial charge in [-0.2, -0.15) is 0 Å². The van der Waals surface area contributed by atoms with Crippen LogP contribution in [0.4, 0.5) is 0 Å². The van der Waals surface area contributed by atoms with Gasteiger partial charge in [0.1, 0.15) is 0 Å². The Bertz CT molecular complexity index is 373. The van der Waals surface area contributed by atoms with E-state index in [1.807, 2.05) is 18.2 Å². The molecule has 0 aliphatic carbocycles. The minimum absolute atomic E-state index is 0.262. The molecule has 0 aliphatic rings. The van der Waals surface area contributed by atoms with E-state index in [1.165, 1.54) is 5.56 Å². The van der Waals surface area contributed by atoms with Gasteiger partial charge in [-0.25, -0.2) is 0 Å². The Balaban J connectivity index is 2.61. The van der Waals surface area contributed by atoms with E-state index in [9.17, 15) is 0 Å². The summed E-state index contributed by atoms with van der Waals surface area (Å²) in [6.45, 7) is 8.45. The molecule has 0 bridgehead atoms. The first-order chi connectivity index (χ1) is 9.72. The van der Waals surface area contributed by atoms with Crippen molar-refractivity contribution in [2.45, 2.75) is 32.7 Å². The van der Waals surface area contributed by atoms with Gasteiger partial charge in [-0.1, -0.05) is 43.6 Å². The van der Waals surface area contributed by atoms with E-state index in [-0.39, 0.29) is 12.6 Å². The zero-order valence-electron chi connectivity index (χ0n) is 12.6. The molecule has 20 heavy (non-hydrogen) atoms. The molecular weight excluding hydrogens is 272 g/mol. The van der Waals surface area contributed by atoms with Gasteiger partial charge in [0.2, 0.25) is 0 Å². The molecule has 0 aliphatic heterocycles. The van der Waals surface area contributed by atoms with Gasteiger partial charge in [-0.3, -0.25) is 0 Å². The Morgan fingerprint density at radius 3 is 2.60 bits per heavy atom. The molecule has 3 nitrogen and oxygen atoms in total. The number of hydrogen-bond donors (Lipinski definition) is 2. The predicted molar refractivity (Wildman–Crippen MR) is 86.3 cm³/mol. The van der Waals surface area contributed by atoms with Crippen molar-refractivity contribution in [3.63, 3.8) is 0 Å². The Kier molecular flexibility index (Phi) is 8.86. The molecule has 1 unspecified atom stereocenters. The summed E-state index contributed by atoms with van der Waals surface area (Å²) in [5.74, 6) is 0. The van der Waals surface area contributed by atoms with Gasteiger partial charge in [0.25, 0.3) is 0 Å². The smallest absolute Gasteiger partial charge is 0.0453 e. The predicted octanol–water partition coefficient (Wildman–Crippen LogP) is 3.09. The second-order valence-corrected chi connectivity index (χ2v) is 5.34. The highest BCUT2D eigenvalue weighted by Gasteiger charge is 2.14. The lowest BCUT2D eigenvalue weighted by atomic mass is 10.0. The molecule has 0 saturated carbocycles. The van der Waals surface area contributed by atoms with E-state index in [0.717, 1.165) is 44.0 Å². The Morgan fingerprint density at radius 1 is 1.25 bits per heavy atom. The van der Waals surface area contributed by atoms with E-state index < -0.39 is 0 Å². The maximum atomic E-state index is 8.93. The zero-order chi connectivity index (χ0) is 14.8. The van der Waals surface area contributed by atoms with Crippen molar-refractivity contribution in [2.24, 2.45) is 0 Å². The van der Waals surface area contributed by atoms with Crippen LogP contribution in [-0.4, -0.2) is 42.8 Å². The Morgan fingerprint density at radius 2 is 2.00 bits per heavy atom. The molecule has 0 spiro atoms. The molecule has 0 aromatic heterocycles. The van der Waals surface area contributed by atoms with Crippen molar-refractivity contribution in [1.82, 2.24) is 10.2 Å². The molecule has 1 aromatic rings. The molecule has 1 rings (SSSR count). The number of nitrogens with one attached hydrogen (secondary N) is 1. The van der Waals surface area contributed by atoms with E-state index in [0.29, 0.717) is 0 Å². The summed E-state index contributed by atoms with van der Waals surface area (Å²) in [4.78, 5) is 2.37. The lowest BCUT2D eigenvalue weighted by Crippen LogP contribution is -2.30. The molecule has 2 N–H and O–H groups in total. The van der Waals surface area contributed by atoms with Crippen molar-refractivity contribution in [2.75, 3.05) is 32.8 Å². The van der Waals surface area contributed by atoms with Gasteiger partial charge in [0, 0.05) is 24.2 Å². The minimum Gasteiger partial charge on any atom is -0.396 e.